The quantitative estimate of drug-likeness (QED) is 0.641. The summed E-state index contributed by atoms with van der Waals surface area (Å²) in [5.74, 6) is -0.216. The molecule has 1 aliphatic heterocycles. The largest absolute Gasteiger partial charge is 0.405 e. The van der Waals surface area contributed by atoms with E-state index in [-0.39, 0.29) is 11.7 Å². The van der Waals surface area contributed by atoms with Crippen LogP contribution in [0.2, 0.25) is 0 Å². The molecule has 0 aliphatic carbocycles. The summed E-state index contributed by atoms with van der Waals surface area (Å²) in [6, 6.07) is 13.1. The van der Waals surface area contributed by atoms with Gasteiger partial charge in [0.2, 0.25) is 0 Å². The summed E-state index contributed by atoms with van der Waals surface area (Å²) >= 11 is 0. The molecule has 0 atom stereocenters. The van der Waals surface area contributed by atoms with Crippen LogP contribution < -0.4 is 5.32 Å². The number of rotatable bonds is 4. The van der Waals surface area contributed by atoms with Crippen molar-refractivity contribution in [3.8, 4) is 16.8 Å². The van der Waals surface area contributed by atoms with E-state index in [2.05, 4.69) is 5.10 Å². The second-order valence-corrected chi connectivity index (χ2v) is 7.15. The van der Waals surface area contributed by atoms with Gasteiger partial charge in [-0.3, -0.25) is 0 Å². The fraction of sp³-hybridized carbons (Fsp3) is 0.238. The van der Waals surface area contributed by atoms with Gasteiger partial charge in [0, 0.05) is 30.8 Å². The average molecular weight is 418 g/mol. The molecule has 1 fully saturated rings. The molecule has 3 aromatic rings. The third-order valence-electron chi connectivity index (χ3n) is 5.00. The Kier molecular flexibility index (Phi) is 5.19. The predicted molar refractivity (Wildman–Crippen MR) is 103 cm³/mol. The highest BCUT2D eigenvalue weighted by molar-refractivity contribution is 5.75. The number of carbonyl (C=O) groups is 1. The van der Waals surface area contributed by atoms with Crippen LogP contribution in [0.1, 0.15) is 11.5 Å². The van der Waals surface area contributed by atoms with Gasteiger partial charge in [-0.1, -0.05) is 24.3 Å². The first-order valence-electron chi connectivity index (χ1n) is 9.29. The number of alkyl halides is 3. The van der Waals surface area contributed by atoms with Crippen molar-refractivity contribution in [1.29, 1.82) is 0 Å². The lowest BCUT2D eigenvalue weighted by Gasteiger charge is -2.39. The van der Waals surface area contributed by atoms with E-state index in [0.29, 0.717) is 13.1 Å². The van der Waals surface area contributed by atoms with Gasteiger partial charge in [0.25, 0.3) is 0 Å². The summed E-state index contributed by atoms with van der Waals surface area (Å²) < 4.78 is 51.3. The van der Waals surface area contributed by atoms with Crippen molar-refractivity contribution in [3.05, 3.63) is 72.3 Å². The molecule has 2 heterocycles. The molecule has 156 valence electrons. The Balaban J connectivity index is 1.35. The first kappa shape index (κ1) is 19.9. The molecule has 1 saturated heterocycles. The third-order valence-corrected chi connectivity index (χ3v) is 5.00. The molecule has 30 heavy (non-hydrogen) atoms. The second-order valence-electron chi connectivity index (χ2n) is 7.15. The predicted octanol–water partition coefficient (Wildman–Crippen LogP) is 4.35. The van der Waals surface area contributed by atoms with Gasteiger partial charge in [0.15, 0.2) is 0 Å². The maximum absolute atomic E-state index is 13.1. The number of benzene rings is 2. The number of halogens is 4. The lowest BCUT2D eigenvalue weighted by molar-refractivity contribution is -0.123. The molecule has 2 aromatic carbocycles. The number of nitrogens with zero attached hydrogens (tertiary/aromatic N) is 3. The Bertz CT molecular complexity index is 1020. The van der Waals surface area contributed by atoms with Crippen molar-refractivity contribution in [1.82, 2.24) is 20.0 Å². The van der Waals surface area contributed by atoms with Crippen molar-refractivity contribution >= 4 is 6.03 Å². The molecule has 0 bridgehead atoms. The highest BCUT2D eigenvalue weighted by Gasteiger charge is 2.34. The van der Waals surface area contributed by atoms with Crippen molar-refractivity contribution in [2.24, 2.45) is 0 Å². The Labute approximate surface area is 169 Å². The minimum absolute atomic E-state index is 0.0950. The molecular formula is C21H18F4N4O. The van der Waals surface area contributed by atoms with Gasteiger partial charge in [0.05, 0.1) is 11.9 Å². The van der Waals surface area contributed by atoms with Gasteiger partial charge in [-0.25, -0.2) is 13.9 Å². The molecule has 0 radical (unpaired) electrons. The number of hydrogen-bond acceptors (Lipinski definition) is 2. The number of likely N-dealkylation sites (tertiary alicyclic amines) is 1. The smallest absolute Gasteiger partial charge is 0.329 e. The number of aromatic nitrogens is 2. The molecule has 1 aliphatic rings. The first-order chi connectivity index (χ1) is 14.3. The number of urea groups is 1. The van der Waals surface area contributed by atoms with Crippen LogP contribution in [0.4, 0.5) is 22.4 Å². The highest BCUT2D eigenvalue weighted by Crippen LogP contribution is 2.29. The lowest BCUT2D eigenvalue weighted by Crippen LogP contribution is -2.53. The second kappa shape index (κ2) is 7.81. The van der Waals surface area contributed by atoms with Crippen LogP contribution in [0.15, 0.2) is 60.9 Å². The molecule has 5 nitrogen and oxygen atoms in total. The van der Waals surface area contributed by atoms with Crippen molar-refractivity contribution < 1.29 is 22.4 Å². The summed E-state index contributed by atoms with van der Waals surface area (Å²) in [4.78, 5) is 13.1. The average Bonchev–Trinajstić information content (AvgIpc) is 3.16. The van der Waals surface area contributed by atoms with Crippen LogP contribution in [0, 0.1) is 5.82 Å². The van der Waals surface area contributed by atoms with Crippen LogP contribution in [0.5, 0.6) is 0 Å². The first-order valence-corrected chi connectivity index (χ1v) is 9.29. The fourth-order valence-corrected chi connectivity index (χ4v) is 3.30. The molecular weight excluding hydrogens is 400 g/mol. The molecule has 2 amide bonds. The standard InChI is InChI=1S/C21H18F4N4O/c22-18-5-7-19(8-6-18)29-12-16(9-27-29)14-1-3-15(4-2-14)17-10-28(11-17)20(30)26-13-21(23,24)25/h1-9,12,17H,10-11,13H2,(H,26,30). The van der Waals surface area contributed by atoms with Crippen LogP contribution in [0.3, 0.4) is 0 Å². The third kappa shape index (κ3) is 4.45. The molecule has 0 unspecified atom stereocenters. The van der Waals surface area contributed by atoms with E-state index in [4.69, 9.17) is 0 Å². The van der Waals surface area contributed by atoms with Crippen molar-refractivity contribution in [2.45, 2.75) is 12.1 Å². The van der Waals surface area contributed by atoms with Gasteiger partial charge in [0.1, 0.15) is 12.4 Å². The number of hydrogen-bond donors (Lipinski definition) is 1. The summed E-state index contributed by atoms with van der Waals surface area (Å²) in [5.41, 5.74) is 3.61. The van der Waals surface area contributed by atoms with E-state index >= 15 is 0 Å². The Hall–Kier alpha value is -3.36. The van der Waals surface area contributed by atoms with Gasteiger partial charge in [-0.05, 0) is 35.4 Å². The zero-order valence-corrected chi connectivity index (χ0v) is 15.7. The van der Waals surface area contributed by atoms with Gasteiger partial charge < -0.3 is 10.2 Å². The van der Waals surface area contributed by atoms with Gasteiger partial charge >= 0.3 is 12.2 Å². The molecule has 9 heteroatoms. The van der Waals surface area contributed by atoms with Crippen LogP contribution in [-0.2, 0) is 0 Å². The van der Waals surface area contributed by atoms with Gasteiger partial charge in [-0.2, -0.15) is 18.3 Å². The number of amides is 2. The minimum atomic E-state index is -4.42. The minimum Gasteiger partial charge on any atom is -0.329 e. The topological polar surface area (TPSA) is 50.2 Å². The summed E-state index contributed by atoms with van der Waals surface area (Å²) in [6.07, 6.45) is -0.854. The molecule has 4 rings (SSSR count). The maximum Gasteiger partial charge on any atom is 0.405 e. The van der Waals surface area contributed by atoms with E-state index in [9.17, 15) is 22.4 Å². The van der Waals surface area contributed by atoms with Crippen molar-refractivity contribution in [3.63, 3.8) is 0 Å². The monoisotopic (exact) mass is 418 g/mol. The van der Waals surface area contributed by atoms with E-state index in [1.54, 1.807) is 23.0 Å². The maximum atomic E-state index is 13.1. The zero-order chi connectivity index (χ0) is 21.3. The molecule has 1 N–H and O–H groups in total. The summed E-state index contributed by atoms with van der Waals surface area (Å²) in [5, 5.41) is 6.18. The normalized spacial score (nSPS) is 14.5. The Morgan fingerprint density at radius 3 is 2.33 bits per heavy atom. The van der Waals surface area contributed by atoms with Crippen LogP contribution in [-0.4, -0.2) is 46.5 Å². The Morgan fingerprint density at radius 2 is 1.70 bits per heavy atom. The molecule has 0 spiro atoms. The van der Waals surface area contributed by atoms with Crippen LogP contribution in [0.25, 0.3) is 16.8 Å². The molecule has 1 aromatic heterocycles. The number of carbonyl (C=O) groups excluding carboxylic acids is 1. The summed E-state index contributed by atoms with van der Waals surface area (Å²) in [6.45, 7) is -0.565. The lowest BCUT2D eigenvalue weighted by atomic mass is 9.91. The van der Waals surface area contributed by atoms with E-state index in [1.165, 1.54) is 17.0 Å². The van der Waals surface area contributed by atoms with Crippen LogP contribution >= 0.6 is 0 Å². The SMILES string of the molecule is O=C(NCC(F)(F)F)N1CC(c2ccc(-c3cnn(-c4ccc(F)cc4)c3)cc2)C1. The van der Waals surface area contributed by atoms with Gasteiger partial charge in [-0.15, -0.1) is 0 Å². The zero-order valence-electron chi connectivity index (χ0n) is 15.7. The Morgan fingerprint density at radius 1 is 1.03 bits per heavy atom. The highest BCUT2D eigenvalue weighted by atomic mass is 19.4. The number of nitrogens with one attached hydrogen (secondary N) is 1. The van der Waals surface area contributed by atoms with E-state index in [1.807, 2.05) is 35.8 Å². The van der Waals surface area contributed by atoms with Crippen molar-refractivity contribution in [2.75, 3.05) is 19.6 Å². The van der Waals surface area contributed by atoms with E-state index in [0.717, 1.165) is 22.4 Å². The fourth-order valence-electron chi connectivity index (χ4n) is 3.30. The molecule has 0 saturated carbocycles. The summed E-state index contributed by atoms with van der Waals surface area (Å²) in [7, 11) is 0. The van der Waals surface area contributed by atoms with E-state index < -0.39 is 18.8 Å².